The minimum atomic E-state index is -0.956. The fourth-order valence-electron chi connectivity index (χ4n) is 6.07. The van der Waals surface area contributed by atoms with Crippen LogP contribution in [0.4, 0.5) is 10.2 Å². The fourth-order valence-corrected chi connectivity index (χ4v) is 6.07. The lowest BCUT2D eigenvalue weighted by Crippen LogP contribution is -2.51. The van der Waals surface area contributed by atoms with Crippen molar-refractivity contribution in [3.8, 4) is 40.2 Å². The third kappa shape index (κ3) is 5.15. The number of halogens is 1. The lowest BCUT2D eigenvalue weighted by Gasteiger charge is -2.45. The lowest BCUT2D eigenvalue weighted by atomic mass is 9.71. The van der Waals surface area contributed by atoms with Crippen LogP contribution in [0.15, 0.2) is 30.6 Å². The molecule has 0 saturated heterocycles. The molecule has 3 aliphatic rings. The smallest absolute Gasteiger partial charge is 0.278 e. The average molecular weight is 549 g/mol. The second kappa shape index (κ2) is 10.8. The van der Waals surface area contributed by atoms with Gasteiger partial charge in [-0.1, -0.05) is 39.7 Å². The molecule has 3 heterocycles. The zero-order valence-corrected chi connectivity index (χ0v) is 23.4. The number of anilines is 1. The molecule has 2 fully saturated rings. The molecule has 1 aliphatic heterocycles. The number of fused-ring (bicyclic) bond motifs is 1. The van der Waals surface area contributed by atoms with E-state index in [1.807, 2.05) is 6.07 Å². The number of hydrogen-bond acceptors (Lipinski definition) is 9. The Balaban J connectivity index is 1.26. The first-order valence-electron chi connectivity index (χ1n) is 14.4. The van der Waals surface area contributed by atoms with Gasteiger partial charge in [0.2, 0.25) is 0 Å². The van der Waals surface area contributed by atoms with Gasteiger partial charge in [-0.25, -0.2) is 19.3 Å². The molecule has 0 amide bonds. The van der Waals surface area contributed by atoms with Crippen molar-refractivity contribution in [2.45, 2.75) is 84.0 Å². The minimum absolute atomic E-state index is 0.000773. The molecule has 0 spiro atoms. The maximum absolute atomic E-state index is 16.3. The molecule has 2 aromatic heterocycles. The average Bonchev–Trinajstić information content (AvgIpc) is 3.81. The van der Waals surface area contributed by atoms with Crippen LogP contribution in [0.5, 0.6) is 17.5 Å². The van der Waals surface area contributed by atoms with Gasteiger partial charge < -0.3 is 19.5 Å². The summed E-state index contributed by atoms with van der Waals surface area (Å²) >= 11 is 0. The molecule has 2 aliphatic carbocycles. The van der Waals surface area contributed by atoms with Gasteiger partial charge in [-0.2, -0.15) is 0 Å². The number of ether oxygens (including phenoxy) is 2. The van der Waals surface area contributed by atoms with Crippen molar-refractivity contribution in [3.63, 3.8) is 0 Å². The van der Waals surface area contributed by atoms with E-state index >= 15 is 4.39 Å². The topological polar surface area (TPSA) is 106 Å². The van der Waals surface area contributed by atoms with Crippen LogP contribution in [0.25, 0.3) is 22.6 Å². The van der Waals surface area contributed by atoms with Crippen molar-refractivity contribution < 1.29 is 19.0 Å². The fraction of sp³-hybridized carbons (Fsp3) is 0.567. The predicted octanol–water partition coefficient (Wildman–Crippen LogP) is 5.77. The number of phenolic OH excluding ortho intramolecular Hbond substituents is 1. The molecule has 3 aromatic rings. The van der Waals surface area contributed by atoms with Crippen LogP contribution in [0.1, 0.15) is 65.7 Å². The third-order valence-electron chi connectivity index (χ3n) is 8.82. The first kappa shape index (κ1) is 26.7. The molecule has 10 heteroatoms. The van der Waals surface area contributed by atoms with E-state index in [2.05, 4.69) is 50.8 Å². The monoisotopic (exact) mass is 548 g/mol. The molecule has 212 valence electrons. The number of hydrogen-bond donors (Lipinski definition) is 1. The first-order chi connectivity index (χ1) is 19.4. The maximum atomic E-state index is 16.3. The van der Waals surface area contributed by atoms with Gasteiger partial charge in [-0.05, 0) is 50.2 Å². The lowest BCUT2D eigenvalue weighted by molar-refractivity contribution is 0.0577. The largest absolute Gasteiger partial charge is 0.507 e. The Hall–Kier alpha value is -3.56. The summed E-state index contributed by atoms with van der Waals surface area (Å²) in [7, 11) is 0. The second-order valence-corrected chi connectivity index (χ2v) is 11.8. The molecular weight excluding hydrogens is 511 g/mol. The molecule has 6 rings (SSSR count). The van der Waals surface area contributed by atoms with Crippen molar-refractivity contribution in [1.29, 1.82) is 0 Å². The molecule has 4 atom stereocenters. The van der Waals surface area contributed by atoms with Crippen molar-refractivity contribution >= 4 is 5.82 Å². The van der Waals surface area contributed by atoms with E-state index in [9.17, 15) is 5.11 Å². The van der Waals surface area contributed by atoms with Crippen LogP contribution in [0, 0.1) is 11.3 Å². The number of phenols is 1. The van der Waals surface area contributed by atoms with Gasteiger partial charge in [0.15, 0.2) is 11.6 Å². The van der Waals surface area contributed by atoms with E-state index in [0.717, 1.165) is 44.9 Å². The van der Waals surface area contributed by atoms with E-state index in [1.54, 1.807) is 24.5 Å². The Morgan fingerprint density at radius 1 is 1.07 bits per heavy atom. The molecule has 40 heavy (non-hydrogen) atoms. The summed E-state index contributed by atoms with van der Waals surface area (Å²) in [5.41, 5.74) is 1.32. The predicted molar refractivity (Wildman–Crippen MR) is 149 cm³/mol. The second-order valence-electron chi connectivity index (χ2n) is 11.8. The van der Waals surface area contributed by atoms with Crippen LogP contribution in [-0.4, -0.2) is 61.7 Å². The highest BCUT2D eigenvalue weighted by atomic mass is 19.1. The van der Waals surface area contributed by atoms with Crippen LogP contribution in [0.3, 0.4) is 0 Å². The van der Waals surface area contributed by atoms with E-state index in [-0.39, 0.29) is 23.2 Å². The van der Waals surface area contributed by atoms with Crippen LogP contribution >= 0.6 is 0 Å². The van der Waals surface area contributed by atoms with Gasteiger partial charge in [-0.3, -0.25) is 0 Å². The molecule has 9 nitrogen and oxygen atoms in total. The van der Waals surface area contributed by atoms with Crippen LogP contribution in [-0.2, 0) is 0 Å². The number of nitrogens with zero attached hydrogens (tertiary/aromatic N) is 6. The Labute approximate surface area is 234 Å². The Bertz CT molecular complexity index is 1350. The highest BCUT2D eigenvalue weighted by Gasteiger charge is 2.46. The van der Waals surface area contributed by atoms with E-state index in [0.29, 0.717) is 59.4 Å². The zero-order valence-electron chi connectivity index (χ0n) is 23.4. The number of alkyl halides is 1. The summed E-state index contributed by atoms with van der Waals surface area (Å²) in [6.07, 6.45) is 9.05. The van der Waals surface area contributed by atoms with Gasteiger partial charge in [-0.15, -0.1) is 10.2 Å². The van der Waals surface area contributed by atoms with Crippen molar-refractivity contribution in [1.82, 2.24) is 25.1 Å². The van der Waals surface area contributed by atoms with Crippen LogP contribution < -0.4 is 14.4 Å². The Morgan fingerprint density at radius 2 is 1.88 bits per heavy atom. The molecular formula is C30H37FN6O3. The molecule has 0 bridgehead atoms. The molecule has 1 unspecified atom stereocenters. The number of benzene rings is 1. The molecule has 1 aromatic carbocycles. The Morgan fingerprint density at radius 3 is 2.58 bits per heavy atom. The van der Waals surface area contributed by atoms with Gasteiger partial charge in [0.05, 0.1) is 29.7 Å². The number of rotatable bonds is 6. The van der Waals surface area contributed by atoms with Gasteiger partial charge >= 0.3 is 0 Å². The first-order valence-corrected chi connectivity index (χ1v) is 14.4. The molecule has 0 radical (unpaired) electrons. The van der Waals surface area contributed by atoms with Crippen molar-refractivity contribution in [2.24, 2.45) is 11.3 Å². The van der Waals surface area contributed by atoms with Gasteiger partial charge in [0.25, 0.3) is 11.8 Å². The number of aromatic hydroxyl groups is 1. The van der Waals surface area contributed by atoms with E-state index < -0.39 is 6.17 Å². The van der Waals surface area contributed by atoms with Crippen molar-refractivity contribution in [2.75, 3.05) is 18.1 Å². The summed E-state index contributed by atoms with van der Waals surface area (Å²) in [5, 5.41) is 19.8. The van der Waals surface area contributed by atoms with Gasteiger partial charge in [0, 0.05) is 17.0 Å². The summed E-state index contributed by atoms with van der Waals surface area (Å²) in [6, 6.07) is 5.16. The highest BCUT2D eigenvalue weighted by Crippen LogP contribution is 2.45. The Kier molecular flexibility index (Phi) is 7.18. The summed E-state index contributed by atoms with van der Waals surface area (Å²) in [4.78, 5) is 15.5. The van der Waals surface area contributed by atoms with Gasteiger partial charge in [0.1, 0.15) is 25.1 Å². The summed E-state index contributed by atoms with van der Waals surface area (Å²) in [6.45, 7) is 7.28. The molecule has 1 N–H and O–H groups in total. The summed E-state index contributed by atoms with van der Waals surface area (Å²) < 4.78 is 27.3. The SMILES string of the molecule is CC[C@]1(C)CCCC(C)C[C@H](N(c2cnc(-c3ccc(-c4cnc5c(n4)OCCO5)cc3O)nn2)C2CC2)[C@@H]1F. The third-order valence-corrected chi connectivity index (χ3v) is 8.82. The van der Waals surface area contributed by atoms with E-state index in [4.69, 9.17) is 9.47 Å². The minimum Gasteiger partial charge on any atom is -0.507 e. The van der Waals surface area contributed by atoms with E-state index in [1.165, 1.54) is 0 Å². The summed E-state index contributed by atoms with van der Waals surface area (Å²) in [5.74, 6) is 2.05. The molecule has 2 saturated carbocycles. The standard InChI is InChI=1S/C30H37FN6O3/c1-4-30(3)11-5-6-18(2)14-23(26(30)31)37(20-8-9-20)25-17-32-27(36-35-25)21-10-7-19(15-24(21)38)22-16-33-28-29(34-22)40-13-12-39-28/h7,10,15-18,20,23,26,38H,4-6,8-9,11-14H2,1-3H3/t18?,23-,26-,30+/m0/s1. The zero-order chi connectivity index (χ0) is 27.9. The number of aromatic nitrogens is 5. The van der Waals surface area contributed by atoms with Crippen LogP contribution in [0.2, 0.25) is 0 Å². The maximum Gasteiger partial charge on any atom is 0.278 e. The quantitative estimate of drug-likeness (QED) is 0.411. The van der Waals surface area contributed by atoms with Crippen molar-refractivity contribution in [3.05, 3.63) is 30.6 Å². The normalized spacial score (nSPS) is 26.6. The highest BCUT2D eigenvalue weighted by molar-refractivity contribution is 5.71.